The normalized spacial score (nSPS) is 16.2. The maximum Gasteiger partial charge on any atom is 0.238 e. The number of nitrogens with two attached hydrogens (primary N) is 1. The number of hydrogen-bond donors (Lipinski definition) is 1. The maximum absolute atomic E-state index is 13.6. The lowest BCUT2D eigenvalue weighted by atomic mass is 10.4. The lowest BCUT2D eigenvalue weighted by molar-refractivity contribution is 0.638. The fourth-order valence-electron chi connectivity index (χ4n) is 2.12. The average molecular weight is 221 g/mol. The van der Waals surface area contributed by atoms with Gasteiger partial charge in [-0.3, -0.25) is 0 Å². The SMILES string of the molecule is Nc1ncc2c(F)cc(N3CCCC3)n2n1. The molecule has 0 aliphatic carbocycles. The molecule has 1 aliphatic heterocycles. The van der Waals surface area contributed by atoms with Crippen molar-refractivity contribution in [3.05, 3.63) is 18.1 Å². The van der Waals surface area contributed by atoms with Gasteiger partial charge in [-0.05, 0) is 12.8 Å². The predicted octanol–water partition coefficient (Wildman–Crippen LogP) is 1.05. The number of aromatic nitrogens is 3. The number of anilines is 2. The molecule has 1 fully saturated rings. The zero-order valence-electron chi connectivity index (χ0n) is 8.73. The van der Waals surface area contributed by atoms with Crippen LogP contribution >= 0.6 is 0 Å². The van der Waals surface area contributed by atoms with Crippen LogP contribution in [0.2, 0.25) is 0 Å². The molecule has 1 aliphatic rings. The van der Waals surface area contributed by atoms with Crippen molar-refractivity contribution >= 4 is 17.3 Å². The molecule has 16 heavy (non-hydrogen) atoms. The molecule has 2 N–H and O–H groups in total. The first kappa shape index (κ1) is 9.38. The third kappa shape index (κ3) is 1.30. The quantitative estimate of drug-likeness (QED) is 0.782. The molecule has 0 radical (unpaired) electrons. The number of hydrogen-bond acceptors (Lipinski definition) is 4. The van der Waals surface area contributed by atoms with Crippen LogP contribution in [-0.2, 0) is 0 Å². The van der Waals surface area contributed by atoms with E-state index in [1.165, 1.54) is 16.8 Å². The van der Waals surface area contributed by atoms with Gasteiger partial charge in [0.15, 0.2) is 5.82 Å². The number of nitrogen functional groups attached to an aromatic ring is 1. The maximum atomic E-state index is 13.6. The first-order chi connectivity index (χ1) is 7.75. The van der Waals surface area contributed by atoms with E-state index >= 15 is 0 Å². The van der Waals surface area contributed by atoms with Crippen molar-refractivity contribution in [2.75, 3.05) is 23.7 Å². The zero-order chi connectivity index (χ0) is 11.1. The third-order valence-corrected chi connectivity index (χ3v) is 2.90. The molecule has 3 heterocycles. The van der Waals surface area contributed by atoms with Crippen LogP contribution in [0.25, 0.3) is 5.52 Å². The summed E-state index contributed by atoms with van der Waals surface area (Å²) in [4.78, 5) is 5.91. The fraction of sp³-hybridized carbons (Fsp3) is 0.400. The van der Waals surface area contributed by atoms with Crippen molar-refractivity contribution in [2.24, 2.45) is 0 Å². The van der Waals surface area contributed by atoms with E-state index in [4.69, 9.17) is 5.73 Å². The van der Waals surface area contributed by atoms with Gasteiger partial charge in [-0.1, -0.05) is 0 Å². The van der Waals surface area contributed by atoms with E-state index in [1.807, 2.05) is 0 Å². The van der Waals surface area contributed by atoms with Crippen molar-refractivity contribution in [3.63, 3.8) is 0 Å². The van der Waals surface area contributed by atoms with Crippen LogP contribution in [0.4, 0.5) is 16.2 Å². The van der Waals surface area contributed by atoms with E-state index in [2.05, 4.69) is 15.0 Å². The molecule has 3 rings (SSSR count). The van der Waals surface area contributed by atoms with Gasteiger partial charge in [0, 0.05) is 19.2 Å². The number of rotatable bonds is 1. The van der Waals surface area contributed by atoms with Gasteiger partial charge in [0.1, 0.15) is 11.3 Å². The third-order valence-electron chi connectivity index (χ3n) is 2.90. The van der Waals surface area contributed by atoms with Crippen molar-refractivity contribution in [1.29, 1.82) is 0 Å². The van der Waals surface area contributed by atoms with Gasteiger partial charge in [-0.15, -0.1) is 5.10 Å². The Hall–Kier alpha value is -1.85. The van der Waals surface area contributed by atoms with E-state index in [1.54, 1.807) is 0 Å². The molecule has 6 heteroatoms. The molecule has 0 saturated carbocycles. The summed E-state index contributed by atoms with van der Waals surface area (Å²) in [7, 11) is 0. The number of fused-ring (bicyclic) bond motifs is 1. The van der Waals surface area contributed by atoms with Crippen molar-refractivity contribution in [1.82, 2.24) is 14.6 Å². The van der Waals surface area contributed by atoms with E-state index in [-0.39, 0.29) is 11.8 Å². The van der Waals surface area contributed by atoms with Gasteiger partial charge >= 0.3 is 0 Å². The van der Waals surface area contributed by atoms with Gasteiger partial charge in [0.25, 0.3) is 0 Å². The second kappa shape index (κ2) is 3.33. The summed E-state index contributed by atoms with van der Waals surface area (Å²) in [6.07, 6.45) is 3.68. The van der Waals surface area contributed by atoms with Crippen LogP contribution in [0.15, 0.2) is 12.3 Å². The molecular weight excluding hydrogens is 209 g/mol. The smallest absolute Gasteiger partial charge is 0.238 e. The molecule has 0 atom stereocenters. The Kier molecular flexibility index (Phi) is 1.95. The summed E-state index contributed by atoms with van der Waals surface area (Å²) in [5, 5.41) is 4.04. The van der Waals surface area contributed by atoms with E-state index < -0.39 is 0 Å². The molecule has 1 saturated heterocycles. The summed E-state index contributed by atoms with van der Waals surface area (Å²) in [5.41, 5.74) is 5.89. The monoisotopic (exact) mass is 221 g/mol. The minimum atomic E-state index is -0.304. The fourth-order valence-corrected chi connectivity index (χ4v) is 2.12. The average Bonchev–Trinajstić information content (AvgIpc) is 2.86. The van der Waals surface area contributed by atoms with E-state index in [0.717, 1.165) is 31.7 Å². The molecular formula is C10H12FN5. The first-order valence-electron chi connectivity index (χ1n) is 5.30. The second-order valence-corrected chi connectivity index (χ2v) is 3.96. The summed E-state index contributed by atoms with van der Waals surface area (Å²) < 4.78 is 15.2. The lowest BCUT2D eigenvalue weighted by Gasteiger charge is -2.15. The lowest BCUT2D eigenvalue weighted by Crippen LogP contribution is -2.20. The Labute approximate surface area is 91.7 Å². The molecule has 2 aromatic rings. The molecule has 5 nitrogen and oxygen atoms in total. The second-order valence-electron chi connectivity index (χ2n) is 3.96. The van der Waals surface area contributed by atoms with Gasteiger partial charge in [0.05, 0.1) is 6.20 Å². The highest BCUT2D eigenvalue weighted by Crippen LogP contribution is 2.24. The highest BCUT2D eigenvalue weighted by molar-refractivity contribution is 5.58. The van der Waals surface area contributed by atoms with Crippen LogP contribution in [0, 0.1) is 5.82 Å². The summed E-state index contributed by atoms with van der Waals surface area (Å²) >= 11 is 0. The van der Waals surface area contributed by atoms with Crippen LogP contribution < -0.4 is 10.6 Å². The Morgan fingerprint density at radius 2 is 2.06 bits per heavy atom. The van der Waals surface area contributed by atoms with Crippen molar-refractivity contribution < 1.29 is 4.39 Å². The molecule has 0 unspecified atom stereocenters. The summed E-state index contributed by atoms with van der Waals surface area (Å²) in [6.45, 7) is 1.88. The Bertz CT molecular complexity index is 529. The van der Waals surface area contributed by atoms with Gasteiger partial charge in [-0.25, -0.2) is 13.9 Å². The Morgan fingerprint density at radius 3 is 2.81 bits per heavy atom. The highest BCUT2D eigenvalue weighted by Gasteiger charge is 2.19. The van der Waals surface area contributed by atoms with Crippen LogP contribution in [-0.4, -0.2) is 27.7 Å². The summed E-state index contributed by atoms with van der Waals surface area (Å²) in [5.74, 6) is 0.615. The number of nitrogens with zero attached hydrogens (tertiary/aromatic N) is 4. The predicted molar refractivity (Wildman–Crippen MR) is 58.8 cm³/mol. The molecule has 0 amide bonds. The van der Waals surface area contributed by atoms with E-state index in [9.17, 15) is 4.39 Å². The van der Waals surface area contributed by atoms with Crippen LogP contribution in [0.3, 0.4) is 0 Å². The zero-order valence-corrected chi connectivity index (χ0v) is 8.73. The molecule has 84 valence electrons. The van der Waals surface area contributed by atoms with Gasteiger partial charge < -0.3 is 10.6 Å². The Morgan fingerprint density at radius 1 is 1.31 bits per heavy atom. The van der Waals surface area contributed by atoms with E-state index in [0.29, 0.717) is 5.52 Å². The molecule has 0 bridgehead atoms. The highest BCUT2D eigenvalue weighted by atomic mass is 19.1. The molecule has 0 aromatic carbocycles. The van der Waals surface area contributed by atoms with Gasteiger partial charge in [0.2, 0.25) is 5.95 Å². The van der Waals surface area contributed by atoms with Gasteiger partial charge in [-0.2, -0.15) is 0 Å². The largest absolute Gasteiger partial charge is 0.367 e. The minimum absolute atomic E-state index is 0.156. The minimum Gasteiger partial charge on any atom is -0.367 e. The summed E-state index contributed by atoms with van der Waals surface area (Å²) in [6, 6.07) is 1.49. The Balaban J connectivity index is 2.19. The van der Waals surface area contributed by atoms with Crippen molar-refractivity contribution in [3.8, 4) is 0 Å². The van der Waals surface area contributed by atoms with Crippen molar-refractivity contribution in [2.45, 2.75) is 12.8 Å². The molecule has 0 spiro atoms. The van der Waals surface area contributed by atoms with Crippen LogP contribution in [0.1, 0.15) is 12.8 Å². The number of halogens is 1. The van der Waals surface area contributed by atoms with Crippen LogP contribution in [0.5, 0.6) is 0 Å². The first-order valence-corrected chi connectivity index (χ1v) is 5.30. The topological polar surface area (TPSA) is 59.5 Å². The molecule has 2 aromatic heterocycles. The standard InChI is InChI=1S/C10H12FN5/c11-7-5-9(15-3-1-2-4-15)16-8(7)6-13-10(12)14-16/h5-6H,1-4H2,(H2,12,14).